The number of unbranched alkanes of at least 4 members (excludes halogenated alkanes) is 47. The molecule has 6 nitrogen and oxygen atoms in total. The van der Waals surface area contributed by atoms with Crippen molar-refractivity contribution in [2.45, 2.75) is 380 Å². The van der Waals surface area contributed by atoms with Crippen molar-refractivity contribution in [2.24, 2.45) is 0 Å². The summed E-state index contributed by atoms with van der Waals surface area (Å²) in [5.74, 6) is -0.858. The quantitative estimate of drug-likeness (QED) is 0.0261. The molecule has 0 aliphatic rings. The molecule has 0 N–H and O–H groups in total. The summed E-state index contributed by atoms with van der Waals surface area (Å²) in [6.45, 7) is 6.67. The van der Waals surface area contributed by atoms with Crippen LogP contribution in [0.15, 0.2) is 24.3 Å². The lowest BCUT2D eigenvalue weighted by Crippen LogP contribution is -2.30. The number of carbonyl (C=O) groups excluding carboxylic acids is 3. The van der Waals surface area contributed by atoms with E-state index in [2.05, 4.69) is 45.1 Å². The molecule has 0 aromatic carbocycles. The second-order valence-electron chi connectivity index (χ2n) is 22.7. The highest BCUT2D eigenvalue weighted by atomic mass is 16.6. The average molecular weight is 1040 g/mol. The molecule has 0 rings (SSSR count). The molecular weight excluding hydrogens is 913 g/mol. The van der Waals surface area contributed by atoms with Gasteiger partial charge in [-0.05, 0) is 51.4 Å². The molecule has 0 spiro atoms. The van der Waals surface area contributed by atoms with E-state index in [-0.39, 0.29) is 31.1 Å². The third kappa shape index (κ3) is 60.8. The molecule has 1 unspecified atom stereocenters. The Kier molecular flexibility index (Phi) is 61.6. The molecule has 0 aromatic rings. The van der Waals surface area contributed by atoms with E-state index in [4.69, 9.17) is 14.2 Å². The van der Waals surface area contributed by atoms with E-state index in [1.165, 1.54) is 257 Å². The van der Waals surface area contributed by atoms with E-state index < -0.39 is 6.10 Å². The molecule has 0 aromatic heterocycles. The van der Waals surface area contributed by atoms with Crippen molar-refractivity contribution in [3.8, 4) is 0 Å². The zero-order chi connectivity index (χ0) is 53.6. The highest BCUT2D eigenvalue weighted by Gasteiger charge is 2.19. The maximum Gasteiger partial charge on any atom is 0.306 e. The number of esters is 3. The highest BCUT2D eigenvalue weighted by Crippen LogP contribution is 2.18. The fourth-order valence-corrected chi connectivity index (χ4v) is 10.2. The number of ether oxygens (including phenoxy) is 3. The minimum absolute atomic E-state index is 0.0711. The molecule has 74 heavy (non-hydrogen) atoms. The van der Waals surface area contributed by atoms with Gasteiger partial charge in [-0.2, -0.15) is 0 Å². The molecule has 0 aliphatic heterocycles. The lowest BCUT2D eigenvalue weighted by molar-refractivity contribution is -0.167. The van der Waals surface area contributed by atoms with E-state index in [0.717, 1.165) is 77.0 Å². The van der Waals surface area contributed by atoms with Crippen LogP contribution in [0.3, 0.4) is 0 Å². The number of allylic oxidation sites excluding steroid dienone is 4. The molecule has 0 saturated carbocycles. The van der Waals surface area contributed by atoms with Crippen LogP contribution >= 0.6 is 0 Å². The van der Waals surface area contributed by atoms with Gasteiger partial charge in [-0.3, -0.25) is 14.4 Å². The summed E-state index contributed by atoms with van der Waals surface area (Å²) in [5, 5.41) is 0. The van der Waals surface area contributed by atoms with Crippen LogP contribution in [0, 0.1) is 0 Å². The van der Waals surface area contributed by atoms with E-state index in [9.17, 15) is 14.4 Å². The van der Waals surface area contributed by atoms with Gasteiger partial charge < -0.3 is 14.2 Å². The Balaban J connectivity index is 4.15. The smallest absolute Gasteiger partial charge is 0.306 e. The molecular formula is C68H128O6. The highest BCUT2D eigenvalue weighted by molar-refractivity contribution is 5.71. The summed E-state index contributed by atoms with van der Waals surface area (Å²) in [6.07, 6.45) is 76.3. The second kappa shape index (κ2) is 63.4. The van der Waals surface area contributed by atoms with E-state index in [0.29, 0.717) is 19.3 Å². The molecule has 0 fully saturated rings. The standard InChI is InChI=1S/C68H128O6/c1-4-7-10-13-16-19-22-25-27-28-29-30-31-32-33-34-35-36-37-38-39-41-43-46-49-52-55-58-61-67(70)73-64-65(63-72-66(69)60-57-54-51-48-45-42-24-21-18-15-12-9-6-3)74-68(71)62-59-56-53-50-47-44-40-26-23-20-17-14-11-8-5-2/h17,20,26,40,65H,4-16,18-19,21-25,27-39,41-64H2,1-3H3/b20-17-,40-26-. The molecule has 0 radical (unpaired) electrons. The van der Waals surface area contributed by atoms with Crippen molar-refractivity contribution < 1.29 is 28.6 Å². The molecule has 0 heterocycles. The number of hydrogen-bond donors (Lipinski definition) is 0. The van der Waals surface area contributed by atoms with Crippen LogP contribution in [-0.4, -0.2) is 37.2 Å². The van der Waals surface area contributed by atoms with Gasteiger partial charge in [-0.1, -0.05) is 328 Å². The Morgan fingerprint density at radius 2 is 0.486 bits per heavy atom. The van der Waals surface area contributed by atoms with Crippen LogP contribution in [0.25, 0.3) is 0 Å². The topological polar surface area (TPSA) is 78.9 Å². The van der Waals surface area contributed by atoms with Gasteiger partial charge in [0.05, 0.1) is 0 Å². The largest absolute Gasteiger partial charge is 0.462 e. The van der Waals surface area contributed by atoms with Gasteiger partial charge in [0.15, 0.2) is 6.10 Å². The maximum absolute atomic E-state index is 12.9. The van der Waals surface area contributed by atoms with Gasteiger partial charge in [0.1, 0.15) is 13.2 Å². The third-order valence-electron chi connectivity index (χ3n) is 15.2. The first-order chi connectivity index (χ1) is 36.5. The second-order valence-corrected chi connectivity index (χ2v) is 22.7. The Hall–Kier alpha value is -2.11. The third-order valence-corrected chi connectivity index (χ3v) is 15.2. The molecule has 0 amide bonds. The summed E-state index contributed by atoms with van der Waals surface area (Å²) in [5.41, 5.74) is 0. The maximum atomic E-state index is 12.9. The Morgan fingerprint density at radius 3 is 0.770 bits per heavy atom. The SMILES string of the molecule is CCCCC/C=C\C/C=C\CCCCCCCC(=O)OC(COC(=O)CCCCCCCCCCCCCCC)COC(=O)CCCCCCCCCCCCCCCCCCCCCCCCCCCCCC. The first-order valence-corrected chi connectivity index (χ1v) is 33.3. The van der Waals surface area contributed by atoms with Crippen LogP contribution in [-0.2, 0) is 28.6 Å². The van der Waals surface area contributed by atoms with Gasteiger partial charge >= 0.3 is 17.9 Å². The lowest BCUT2D eigenvalue weighted by atomic mass is 10.0. The van der Waals surface area contributed by atoms with Gasteiger partial charge in [0.2, 0.25) is 0 Å². The lowest BCUT2D eigenvalue weighted by Gasteiger charge is -2.18. The fourth-order valence-electron chi connectivity index (χ4n) is 10.2. The number of hydrogen-bond acceptors (Lipinski definition) is 6. The zero-order valence-corrected chi connectivity index (χ0v) is 50.1. The Morgan fingerprint density at radius 1 is 0.270 bits per heavy atom. The summed E-state index contributed by atoms with van der Waals surface area (Å²) in [7, 11) is 0. The zero-order valence-electron chi connectivity index (χ0n) is 50.1. The number of carbonyl (C=O) groups is 3. The molecule has 0 bridgehead atoms. The molecule has 6 heteroatoms. The number of rotatable bonds is 62. The summed E-state index contributed by atoms with van der Waals surface area (Å²) in [6, 6.07) is 0. The Bertz CT molecular complexity index is 1190. The van der Waals surface area contributed by atoms with E-state index in [1.54, 1.807) is 0 Å². The molecule has 1 atom stereocenters. The Labute approximate surface area is 462 Å². The van der Waals surface area contributed by atoms with Crippen LogP contribution in [0.2, 0.25) is 0 Å². The van der Waals surface area contributed by atoms with Crippen molar-refractivity contribution >= 4 is 17.9 Å². The minimum Gasteiger partial charge on any atom is -0.462 e. The van der Waals surface area contributed by atoms with Crippen molar-refractivity contribution in [3.05, 3.63) is 24.3 Å². The van der Waals surface area contributed by atoms with Crippen LogP contribution in [0.5, 0.6) is 0 Å². The van der Waals surface area contributed by atoms with Gasteiger partial charge in [0, 0.05) is 19.3 Å². The van der Waals surface area contributed by atoms with E-state index in [1.807, 2.05) is 0 Å². The van der Waals surface area contributed by atoms with Gasteiger partial charge in [-0.25, -0.2) is 0 Å². The predicted octanol–water partition coefficient (Wildman–Crippen LogP) is 22.6. The van der Waals surface area contributed by atoms with Crippen molar-refractivity contribution in [1.82, 2.24) is 0 Å². The summed E-state index contributed by atoms with van der Waals surface area (Å²) < 4.78 is 16.9. The van der Waals surface area contributed by atoms with Crippen molar-refractivity contribution in [2.75, 3.05) is 13.2 Å². The molecule has 436 valence electrons. The van der Waals surface area contributed by atoms with Gasteiger partial charge in [-0.15, -0.1) is 0 Å². The fraction of sp³-hybridized carbons (Fsp3) is 0.897. The predicted molar refractivity (Wildman–Crippen MR) is 321 cm³/mol. The van der Waals surface area contributed by atoms with E-state index >= 15 is 0 Å². The summed E-state index contributed by atoms with van der Waals surface area (Å²) >= 11 is 0. The van der Waals surface area contributed by atoms with Gasteiger partial charge in [0.25, 0.3) is 0 Å². The summed E-state index contributed by atoms with van der Waals surface area (Å²) in [4.78, 5) is 38.3. The van der Waals surface area contributed by atoms with Crippen LogP contribution < -0.4 is 0 Å². The minimum atomic E-state index is -0.774. The van der Waals surface area contributed by atoms with Crippen LogP contribution in [0.4, 0.5) is 0 Å². The monoisotopic (exact) mass is 1040 g/mol. The molecule has 0 aliphatic carbocycles. The van der Waals surface area contributed by atoms with Crippen molar-refractivity contribution in [3.63, 3.8) is 0 Å². The van der Waals surface area contributed by atoms with Crippen LogP contribution in [0.1, 0.15) is 374 Å². The first-order valence-electron chi connectivity index (χ1n) is 33.3. The van der Waals surface area contributed by atoms with Crippen molar-refractivity contribution in [1.29, 1.82) is 0 Å². The molecule has 0 saturated heterocycles. The average Bonchev–Trinajstić information content (AvgIpc) is 3.40. The normalized spacial score (nSPS) is 12.1. The first kappa shape index (κ1) is 71.9.